The molecule has 1 fully saturated rings. The van der Waals surface area contributed by atoms with E-state index in [2.05, 4.69) is 10.6 Å². The normalized spacial score (nSPS) is 17.1. The zero-order chi connectivity index (χ0) is 34.3. The van der Waals surface area contributed by atoms with Crippen LogP contribution in [0.4, 0.5) is 0 Å². The Labute approximate surface area is 279 Å². The van der Waals surface area contributed by atoms with Crippen molar-refractivity contribution in [1.29, 1.82) is 0 Å². The summed E-state index contributed by atoms with van der Waals surface area (Å²) in [6.45, 7) is 4.71. The molecule has 12 heteroatoms. The number of nitrogens with two attached hydrogens (primary N) is 2. The Morgan fingerprint density at radius 3 is 2.06 bits per heavy atom. The topological polar surface area (TPSA) is 188 Å². The van der Waals surface area contributed by atoms with Crippen LogP contribution < -0.4 is 22.1 Å². The molecule has 0 aromatic heterocycles. The Morgan fingerprint density at radius 1 is 0.894 bits per heavy atom. The van der Waals surface area contributed by atoms with E-state index in [1.807, 2.05) is 74.5 Å². The van der Waals surface area contributed by atoms with E-state index in [-0.39, 0.29) is 30.4 Å². The van der Waals surface area contributed by atoms with Crippen LogP contribution in [0.2, 0.25) is 0 Å². The third-order valence-corrected chi connectivity index (χ3v) is 8.69. The molecular weight excluding hydrogens is 597 g/mol. The monoisotopic (exact) mass is 649 g/mol. The summed E-state index contributed by atoms with van der Waals surface area (Å²) >= 11 is 0. The zero-order valence-corrected chi connectivity index (χ0v) is 27.7. The number of carbonyl (C=O) groups excluding carboxylic acids is 4. The van der Waals surface area contributed by atoms with E-state index in [4.69, 9.17) is 11.5 Å². The van der Waals surface area contributed by atoms with Crippen LogP contribution in [0.1, 0.15) is 69.9 Å². The van der Waals surface area contributed by atoms with Crippen LogP contribution in [0, 0.1) is 11.8 Å². The summed E-state index contributed by atoms with van der Waals surface area (Å²) in [4.78, 5) is 56.1. The van der Waals surface area contributed by atoms with Crippen molar-refractivity contribution < 1.29 is 29.2 Å². The number of hydrogen-bond acceptors (Lipinski definition) is 8. The van der Waals surface area contributed by atoms with Gasteiger partial charge in [0.05, 0.1) is 18.0 Å². The van der Waals surface area contributed by atoms with Crippen molar-refractivity contribution in [3.63, 3.8) is 0 Å². The summed E-state index contributed by atoms with van der Waals surface area (Å²) in [7, 11) is -1.68. The highest BCUT2D eigenvalue weighted by atomic mass is 16.4. The molecule has 1 aliphatic rings. The fraction of sp³-hybridized carbons (Fsp3) is 0.543. The number of nitrogens with one attached hydrogen (secondary N) is 2. The van der Waals surface area contributed by atoms with Crippen LogP contribution in [0.25, 0.3) is 0 Å². The molecule has 0 aliphatic carbocycles. The SMILES string of the molecule is CC(C)C[C@@H](CC(=O)[C@@H](Cc1ccccc1)NC(=O)[C@H](N)Cc1ccccc1)C(=O)N[C@H](CCCCN)C(=O)N1CCCC1B(O)O. The van der Waals surface area contributed by atoms with Crippen LogP contribution in [0.5, 0.6) is 0 Å². The molecule has 1 unspecified atom stereocenters. The van der Waals surface area contributed by atoms with Crippen LogP contribution in [-0.4, -0.2) is 82.7 Å². The number of benzene rings is 2. The third-order valence-electron chi connectivity index (χ3n) is 8.69. The van der Waals surface area contributed by atoms with Crippen molar-refractivity contribution in [3.8, 4) is 0 Å². The molecule has 256 valence electrons. The minimum absolute atomic E-state index is 0.0684. The Kier molecular flexibility index (Phi) is 15.6. The molecule has 3 amide bonds. The maximum atomic E-state index is 13.9. The molecule has 0 saturated carbocycles. The van der Waals surface area contributed by atoms with Crippen molar-refractivity contribution in [2.45, 2.75) is 95.7 Å². The summed E-state index contributed by atoms with van der Waals surface area (Å²) in [5, 5.41) is 25.5. The van der Waals surface area contributed by atoms with Gasteiger partial charge in [0.25, 0.3) is 0 Å². The Bertz CT molecular complexity index is 1280. The molecule has 0 spiro atoms. The maximum Gasteiger partial charge on any atom is 0.475 e. The van der Waals surface area contributed by atoms with Gasteiger partial charge in [-0.3, -0.25) is 19.2 Å². The van der Waals surface area contributed by atoms with Crippen LogP contribution in [0.15, 0.2) is 60.7 Å². The van der Waals surface area contributed by atoms with E-state index in [9.17, 15) is 29.2 Å². The predicted octanol–water partition coefficient (Wildman–Crippen LogP) is 1.52. The number of nitrogens with zero attached hydrogens (tertiary/aromatic N) is 1. The first-order valence-corrected chi connectivity index (χ1v) is 16.8. The lowest BCUT2D eigenvalue weighted by Crippen LogP contribution is -2.55. The molecule has 5 atom stereocenters. The van der Waals surface area contributed by atoms with E-state index in [0.717, 1.165) is 11.1 Å². The minimum Gasteiger partial charge on any atom is -0.426 e. The fourth-order valence-electron chi connectivity index (χ4n) is 6.19. The fourth-order valence-corrected chi connectivity index (χ4v) is 6.19. The van der Waals surface area contributed by atoms with E-state index >= 15 is 0 Å². The molecule has 0 bridgehead atoms. The summed E-state index contributed by atoms with van der Waals surface area (Å²) < 4.78 is 0. The molecule has 3 rings (SSSR count). The molecule has 47 heavy (non-hydrogen) atoms. The number of carbonyl (C=O) groups is 4. The average molecular weight is 650 g/mol. The summed E-state index contributed by atoms with van der Waals surface area (Å²) in [6.07, 6.45) is 3.47. The molecule has 0 radical (unpaired) electrons. The average Bonchev–Trinajstić information content (AvgIpc) is 3.55. The van der Waals surface area contributed by atoms with E-state index in [0.29, 0.717) is 58.0 Å². The van der Waals surface area contributed by atoms with E-state index < -0.39 is 48.9 Å². The van der Waals surface area contributed by atoms with Gasteiger partial charge in [-0.05, 0) is 75.0 Å². The second-order valence-electron chi connectivity index (χ2n) is 13.0. The van der Waals surface area contributed by atoms with Crippen molar-refractivity contribution in [2.24, 2.45) is 23.3 Å². The van der Waals surface area contributed by atoms with Crippen molar-refractivity contribution in [1.82, 2.24) is 15.5 Å². The summed E-state index contributed by atoms with van der Waals surface area (Å²) in [6, 6.07) is 16.1. The number of likely N-dealkylation sites (tertiary alicyclic amines) is 1. The molecule has 2 aromatic rings. The third kappa shape index (κ3) is 12.2. The number of hydrogen-bond donors (Lipinski definition) is 6. The molecule has 11 nitrogen and oxygen atoms in total. The minimum atomic E-state index is -1.68. The highest BCUT2D eigenvalue weighted by Crippen LogP contribution is 2.23. The number of ketones is 1. The lowest BCUT2D eigenvalue weighted by atomic mass is 9.77. The molecule has 1 saturated heterocycles. The van der Waals surface area contributed by atoms with Gasteiger partial charge >= 0.3 is 7.12 Å². The van der Waals surface area contributed by atoms with Crippen molar-refractivity contribution in [3.05, 3.63) is 71.8 Å². The first kappa shape index (κ1) is 37.9. The Morgan fingerprint density at radius 2 is 1.49 bits per heavy atom. The molecule has 1 aliphatic heterocycles. The van der Waals surface area contributed by atoms with Crippen molar-refractivity contribution in [2.75, 3.05) is 13.1 Å². The lowest BCUT2D eigenvalue weighted by Gasteiger charge is -2.30. The van der Waals surface area contributed by atoms with Gasteiger partial charge < -0.3 is 37.0 Å². The standard InChI is InChI=1S/C35H52BN5O6/c1-24(2)20-27(33(43)39-29(16-9-10-18-37)35(45)41-19-11-17-32(41)36(46)47)23-31(42)30(22-26-14-7-4-8-15-26)40-34(44)28(38)21-25-12-5-3-6-13-25/h3-8,12-15,24,27-30,32,46-47H,9-11,16-23,37-38H2,1-2H3,(H,39,43)(H,40,44)/t27-,28+,29+,30+,32?/m0/s1. The quantitative estimate of drug-likeness (QED) is 0.0976. The second-order valence-corrected chi connectivity index (χ2v) is 13.0. The maximum absolute atomic E-state index is 13.9. The smallest absolute Gasteiger partial charge is 0.426 e. The van der Waals surface area contributed by atoms with Gasteiger partial charge in [-0.25, -0.2) is 0 Å². The molecule has 1 heterocycles. The van der Waals surface area contributed by atoms with Gasteiger partial charge in [0, 0.05) is 18.9 Å². The van der Waals surface area contributed by atoms with Gasteiger partial charge in [0.2, 0.25) is 17.7 Å². The first-order chi connectivity index (χ1) is 22.5. The van der Waals surface area contributed by atoms with Crippen LogP contribution in [-0.2, 0) is 32.0 Å². The Hall–Kier alpha value is -3.58. The van der Waals surface area contributed by atoms with Gasteiger partial charge in [0.1, 0.15) is 6.04 Å². The van der Waals surface area contributed by atoms with Gasteiger partial charge in [-0.15, -0.1) is 0 Å². The van der Waals surface area contributed by atoms with Gasteiger partial charge in [-0.1, -0.05) is 74.5 Å². The highest BCUT2D eigenvalue weighted by molar-refractivity contribution is 6.43. The van der Waals surface area contributed by atoms with E-state index in [1.54, 1.807) is 0 Å². The largest absolute Gasteiger partial charge is 0.475 e. The van der Waals surface area contributed by atoms with Crippen LogP contribution in [0.3, 0.4) is 0 Å². The van der Waals surface area contributed by atoms with Crippen LogP contribution >= 0.6 is 0 Å². The highest BCUT2D eigenvalue weighted by Gasteiger charge is 2.40. The second kappa shape index (κ2) is 19.3. The number of amides is 3. The van der Waals surface area contributed by atoms with Gasteiger partial charge in [0.15, 0.2) is 5.78 Å². The summed E-state index contributed by atoms with van der Waals surface area (Å²) in [5.74, 6) is -2.97. The zero-order valence-electron chi connectivity index (χ0n) is 27.7. The first-order valence-electron chi connectivity index (χ1n) is 16.8. The predicted molar refractivity (Wildman–Crippen MR) is 183 cm³/mol. The Balaban J connectivity index is 1.78. The van der Waals surface area contributed by atoms with Gasteiger partial charge in [-0.2, -0.15) is 0 Å². The molecule has 8 N–H and O–H groups in total. The number of Topliss-reactive ketones (excluding diaryl/α,β-unsaturated/α-hetero) is 1. The summed E-state index contributed by atoms with van der Waals surface area (Å²) in [5.41, 5.74) is 13.7. The number of unbranched alkanes of at least 4 members (excludes halogenated alkanes) is 1. The molecular formula is C35H52BN5O6. The van der Waals surface area contributed by atoms with E-state index in [1.165, 1.54) is 4.90 Å². The number of rotatable bonds is 19. The lowest BCUT2D eigenvalue weighted by molar-refractivity contribution is -0.138. The van der Waals surface area contributed by atoms with Crippen molar-refractivity contribution >= 4 is 30.6 Å². The molecule has 2 aromatic carbocycles.